The number of carbonyl (C=O) groups is 2. The summed E-state index contributed by atoms with van der Waals surface area (Å²) in [7, 11) is 1.36. The Morgan fingerprint density at radius 2 is 1.94 bits per heavy atom. The second kappa shape index (κ2) is 8.21. The molecule has 1 saturated carbocycles. The molecular formula is C25H29N7O3. The number of hydrogen-bond acceptors (Lipinski definition) is 8. The maximum atomic E-state index is 13.4. The van der Waals surface area contributed by atoms with E-state index in [9.17, 15) is 9.59 Å². The number of fused-ring (bicyclic) bond motifs is 3. The number of anilines is 3. The predicted molar refractivity (Wildman–Crippen MR) is 130 cm³/mol. The van der Waals surface area contributed by atoms with E-state index in [1.165, 1.54) is 7.11 Å². The Labute approximate surface area is 202 Å². The van der Waals surface area contributed by atoms with Crippen LogP contribution in [0.25, 0.3) is 10.9 Å². The van der Waals surface area contributed by atoms with Crippen LogP contribution in [-0.2, 0) is 14.3 Å². The molecule has 1 unspecified atom stereocenters. The number of aromatic amines is 1. The number of aryl methyl sites for hydroxylation is 1. The maximum Gasteiger partial charge on any atom is 0.321 e. The number of pyridine rings is 2. The Morgan fingerprint density at radius 1 is 1.17 bits per heavy atom. The van der Waals surface area contributed by atoms with Crippen molar-refractivity contribution in [1.29, 1.82) is 0 Å². The van der Waals surface area contributed by atoms with Crippen LogP contribution in [0.3, 0.4) is 0 Å². The molecule has 10 nitrogen and oxygen atoms in total. The molecule has 1 aliphatic carbocycles. The van der Waals surface area contributed by atoms with Gasteiger partial charge in [-0.15, -0.1) is 0 Å². The SMILES string of the molecule is COC(=O)C1(C(=O)N2[C@@H]3CC[C@H]2CC(Nc2nc(Nc4cc(C)[nH]n4)cc4ncccc24)C3)CC1. The number of nitrogens with zero attached hydrogens (tertiary/aromatic N) is 4. The zero-order valence-corrected chi connectivity index (χ0v) is 19.9. The van der Waals surface area contributed by atoms with Crippen molar-refractivity contribution in [3.8, 4) is 0 Å². The number of H-pyrrole nitrogens is 1. The van der Waals surface area contributed by atoms with Gasteiger partial charge in [0.05, 0.1) is 12.6 Å². The maximum absolute atomic E-state index is 13.4. The van der Waals surface area contributed by atoms with Crippen molar-refractivity contribution in [3.05, 3.63) is 36.2 Å². The van der Waals surface area contributed by atoms with E-state index in [2.05, 4.69) is 25.8 Å². The van der Waals surface area contributed by atoms with Crippen molar-refractivity contribution in [2.75, 3.05) is 17.7 Å². The number of methoxy groups -OCH3 is 1. The summed E-state index contributed by atoms with van der Waals surface area (Å²) >= 11 is 0. The monoisotopic (exact) mass is 475 g/mol. The minimum atomic E-state index is -0.941. The summed E-state index contributed by atoms with van der Waals surface area (Å²) in [5, 5.41) is 15.0. The molecule has 0 aromatic carbocycles. The van der Waals surface area contributed by atoms with Crippen LogP contribution < -0.4 is 10.6 Å². The Morgan fingerprint density at radius 3 is 2.60 bits per heavy atom. The lowest BCUT2D eigenvalue weighted by Crippen LogP contribution is -2.53. The zero-order chi connectivity index (χ0) is 24.2. The van der Waals surface area contributed by atoms with Crippen LogP contribution in [0.1, 0.15) is 44.2 Å². The molecule has 3 atom stereocenters. The molecule has 6 rings (SSSR count). The average molecular weight is 476 g/mol. The molecule has 1 amide bonds. The van der Waals surface area contributed by atoms with Crippen molar-refractivity contribution >= 4 is 40.2 Å². The minimum Gasteiger partial charge on any atom is -0.468 e. The molecule has 3 aliphatic rings. The highest BCUT2D eigenvalue weighted by molar-refractivity contribution is 6.06. The average Bonchev–Trinajstić information content (AvgIpc) is 3.50. The quantitative estimate of drug-likeness (QED) is 0.366. The van der Waals surface area contributed by atoms with Crippen LogP contribution in [0.4, 0.5) is 17.5 Å². The number of piperidine rings is 1. The number of nitrogens with one attached hydrogen (secondary N) is 3. The molecule has 2 bridgehead atoms. The van der Waals surface area contributed by atoms with E-state index < -0.39 is 5.41 Å². The first-order valence-corrected chi connectivity index (χ1v) is 12.2. The van der Waals surface area contributed by atoms with Crippen LogP contribution >= 0.6 is 0 Å². The molecule has 2 saturated heterocycles. The lowest BCUT2D eigenvalue weighted by atomic mass is 9.94. The first kappa shape index (κ1) is 21.8. The smallest absolute Gasteiger partial charge is 0.321 e. The van der Waals surface area contributed by atoms with Crippen molar-refractivity contribution < 1.29 is 14.3 Å². The third kappa shape index (κ3) is 3.77. The first-order valence-electron chi connectivity index (χ1n) is 12.2. The van der Waals surface area contributed by atoms with E-state index in [4.69, 9.17) is 9.72 Å². The van der Waals surface area contributed by atoms with Gasteiger partial charge in [0.1, 0.15) is 17.1 Å². The standard InChI is InChI=1S/C25H29N7O3/c1-14-10-21(31-30-14)28-20-13-19-18(4-3-9-26-19)22(29-20)27-15-11-16-5-6-17(12-15)32(16)23(33)25(7-8-25)24(34)35-2/h3-4,9-10,13,15-17H,5-8,11-12H2,1-2H3,(H3,27,28,29,30,31)/t15?,16-,17+. The van der Waals surface area contributed by atoms with Crippen LogP contribution in [0.5, 0.6) is 0 Å². The minimum absolute atomic E-state index is 0.0384. The molecular weight excluding hydrogens is 446 g/mol. The summed E-state index contributed by atoms with van der Waals surface area (Å²) in [5.74, 6) is 1.70. The van der Waals surface area contributed by atoms with E-state index in [1.54, 1.807) is 6.20 Å². The third-order valence-corrected chi connectivity index (χ3v) is 7.61. The van der Waals surface area contributed by atoms with Crippen LogP contribution in [-0.4, -0.2) is 62.2 Å². The predicted octanol–water partition coefficient (Wildman–Crippen LogP) is 3.29. The summed E-state index contributed by atoms with van der Waals surface area (Å²) in [5.41, 5.74) is 0.856. The van der Waals surface area contributed by atoms with Gasteiger partial charge >= 0.3 is 5.97 Å². The van der Waals surface area contributed by atoms with E-state index in [0.29, 0.717) is 24.5 Å². The van der Waals surface area contributed by atoms with Gasteiger partial charge < -0.3 is 20.3 Å². The second-order valence-electron chi connectivity index (χ2n) is 9.97. The highest BCUT2D eigenvalue weighted by Crippen LogP contribution is 2.51. The summed E-state index contributed by atoms with van der Waals surface area (Å²) in [6.07, 6.45) is 6.51. The molecule has 0 spiro atoms. The first-order chi connectivity index (χ1) is 17.0. The van der Waals surface area contributed by atoms with E-state index in [1.807, 2.05) is 36.1 Å². The third-order valence-electron chi connectivity index (χ3n) is 7.61. The fourth-order valence-electron chi connectivity index (χ4n) is 5.76. The summed E-state index contributed by atoms with van der Waals surface area (Å²) < 4.78 is 4.95. The molecule has 3 N–H and O–H groups in total. The zero-order valence-electron chi connectivity index (χ0n) is 19.9. The molecule has 3 fully saturated rings. The number of carbonyl (C=O) groups excluding carboxylic acids is 2. The normalized spacial score (nSPS) is 24.3. The van der Waals surface area contributed by atoms with E-state index in [-0.39, 0.29) is 30.0 Å². The summed E-state index contributed by atoms with van der Waals surface area (Å²) in [6.45, 7) is 1.95. The molecule has 10 heteroatoms. The lowest BCUT2D eigenvalue weighted by Gasteiger charge is -2.40. The number of esters is 1. The van der Waals surface area contributed by atoms with Gasteiger partial charge in [0.25, 0.3) is 0 Å². The van der Waals surface area contributed by atoms with Gasteiger partial charge in [-0.25, -0.2) is 4.98 Å². The number of hydrogen-bond donors (Lipinski definition) is 3. The fourth-order valence-corrected chi connectivity index (χ4v) is 5.76. The van der Waals surface area contributed by atoms with Gasteiger partial charge in [-0.05, 0) is 57.6 Å². The molecule has 3 aromatic heterocycles. The highest BCUT2D eigenvalue weighted by atomic mass is 16.5. The molecule has 35 heavy (non-hydrogen) atoms. The molecule has 3 aromatic rings. The Hall–Kier alpha value is -3.69. The van der Waals surface area contributed by atoms with Gasteiger partial charge in [-0.2, -0.15) is 5.10 Å². The number of aromatic nitrogens is 4. The highest BCUT2D eigenvalue weighted by Gasteiger charge is 2.62. The largest absolute Gasteiger partial charge is 0.468 e. The second-order valence-corrected chi connectivity index (χ2v) is 9.97. The topological polar surface area (TPSA) is 125 Å². The van der Waals surface area contributed by atoms with Crippen molar-refractivity contribution in [1.82, 2.24) is 25.1 Å². The van der Waals surface area contributed by atoms with Crippen molar-refractivity contribution in [3.63, 3.8) is 0 Å². The summed E-state index contributed by atoms with van der Waals surface area (Å²) in [6, 6.07) is 8.17. The lowest BCUT2D eigenvalue weighted by molar-refractivity contribution is -0.158. The van der Waals surface area contributed by atoms with Crippen LogP contribution in [0.15, 0.2) is 30.5 Å². The van der Waals surface area contributed by atoms with Crippen LogP contribution in [0, 0.1) is 12.3 Å². The number of amides is 1. The van der Waals surface area contributed by atoms with Crippen molar-refractivity contribution in [2.45, 2.75) is 63.6 Å². The molecule has 2 aliphatic heterocycles. The van der Waals surface area contributed by atoms with Gasteiger partial charge in [-0.1, -0.05) is 0 Å². The Bertz CT molecular complexity index is 1290. The molecule has 5 heterocycles. The van der Waals surface area contributed by atoms with Gasteiger partial charge in [0, 0.05) is 47.5 Å². The molecule has 182 valence electrons. The number of rotatable bonds is 6. The Balaban J connectivity index is 1.23. The van der Waals surface area contributed by atoms with E-state index >= 15 is 0 Å². The van der Waals surface area contributed by atoms with Crippen LogP contribution in [0.2, 0.25) is 0 Å². The molecule has 0 radical (unpaired) electrons. The Kier molecular flexibility index (Phi) is 5.12. The van der Waals surface area contributed by atoms with E-state index in [0.717, 1.165) is 48.1 Å². The summed E-state index contributed by atoms with van der Waals surface area (Å²) in [4.78, 5) is 37.0. The van der Waals surface area contributed by atoms with Crippen molar-refractivity contribution in [2.24, 2.45) is 5.41 Å². The number of ether oxygens (including phenoxy) is 1. The van der Waals surface area contributed by atoms with Gasteiger partial charge in [0.2, 0.25) is 5.91 Å². The van der Waals surface area contributed by atoms with Gasteiger partial charge in [-0.3, -0.25) is 19.7 Å². The van der Waals surface area contributed by atoms with Gasteiger partial charge in [0.15, 0.2) is 5.82 Å². The fraction of sp³-hybridized carbons (Fsp3) is 0.480.